The molecule has 3 rings (SSSR count). The summed E-state index contributed by atoms with van der Waals surface area (Å²) in [5.41, 5.74) is 4.68. The van der Waals surface area contributed by atoms with E-state index >= 15 is 0 Å². The van der Waals surface area contributed by atoms with E-state index in [0.717, 1.165) is 16.9 Å². The van der Waals surface area contributed by atoms with Gasteiger partial charge in [-0.1, -0.05) is 48.5 Å². The second-order valence-electron chi connectivity index (χ2n) is 6.34. The Kier molecular flexibility index (Phi) is 5.99. The van der Waals surface area contributed by atoms with Gasteiger partial charge in [0.1, 0.15) is 12.1 Å². The van der Waals surface area contributed by atoms with Crippen LogP contribution in [0.1, 0.15) is 30.4 Å². The summed E-state index contributed by atoms with van der Waals surface area (Å²) in [7, 11) is 0. The number of aliphatic imine (C=N–C) groups is 1. The van der Waals surface area contributed by atoms with Crippen molar-refractivity contribution in [2.75, 3.05) is 18.6 Å². The van der Waals surface area contributed by atoms with Crippen molar-refractivity contribution in [2.24, 2.45) is 4.99 Å². The van der Waals surface area contributed by atoms with E-state index in [-0.39, 0.29) is 18.3 Å². The quantitative estimate of drug-likeness (QED) is 0.556. The van der Waals surface area contributed by atoms with Crippen LogP contribution in [0.15, 0.2) is 53.5 Å². The molecular weight excluding hydrogens is 346 g/mol. The van der Waals surface area contributed by atoms with Gasteiger partial charge in [-0.05, 0) is 47.6 Å². The van der Waals surface area contributed by atoms with Gasteiger partial charge in [-0.15, -0.1) is 0 Å². The van der Waals surface area contributed by atoms with Gasteiger partial charge >= 0.3 is 0 Å². The Morgan fingerprint density at radius 2 is 1.73 bits per heavy atom. The Morgan fingerprint density at radius 1 is 1.15 bits per heavy atom. The van der Waals surface area contributed by atoms with Crippen LogP contribution < -0.4 is 5.11 Å². The normalized spacial score (nSPS) is 14.6. The van der Waals surface area contributed by atoms with E-state index in [1.807, 2.05) is 30.5 Å². The van der Waals surface area contributed by atoms with E-state index in [1.165, 1.54) is 18.1 Å². The van der Waals surface area contributed by atoms with Gasteiger partial charge in [-0.3, -0.25) is 9.79 Å². The number of carbonyl (C=O) groups excluding carboxylic acids is 1. The summed E-state index contributed by atoms with van der Waals surface area (Å²) in [5.74, 6) is 0.681. The molecule has 0 saturated carbocycles. The van der Waals surface area contributed by atoms with Crippen LogP contribution in [-0.4, -0.2) is 36.5 Å². The summed E-state index contributed by atoms with van der Waals surface area (Å²) < 4.78 is 5.44. The molecule has 1 aliphatic rings. The molecule has 4 nitrogen and oxygen atoms in total. The van der Waals surface area contributed by atoms with E-state index in [4.69, 9.17) is 4.74 Å². The minimum atomic E-state index is -0.659. The minimum absolute atomic E-state index is 0.00326. The van der Waals surface area contributed by atoms with Crippen LogP contribution in [0.3, 0.4) is 0 Å². The Bertz CT molecular complexity index is 773. The third-order valence-electron chi connectivity index (χ3n) is 4.66. The van der Waals surface area contributed by atoms with E-state index in [0.29, 0.717) is 6.42 Å². The molecule has 26 heavy (non-hydrogen) atoms. The first kappa shape index (κ1) is 18.5. The summed E-state index contributed by atoms with van der Waals surface area (Å²) in [5, 5.41) is 12.2. The molecule has 5 heteroatoms. The van der Waals surface area contributed by atoms with Crippen molar-refractivity contribution in [3.05, 3.63) is 59.7 Å². The van der Waals surface area contributed by atoms with Gasteiger partial charge in [0.15, 0.2) is 5.78 Å². The molecule has 2 aromatic carbocycles. The fourth-order valence-corrected chi connectivity index (χ4v) is 3.81. The zero-order chi connectivity index (χ0) is 18.5. The van der Waals surface area contributed by atoms with Crippen molar-refractivity contribution in [1.29, 1.82) is 0 Å². The molecule has 0 amide bonds. The summed E-state index contributed by atoms with van der Waals surface area (Å²) >= 11 is 1.63. The number of hydrogen-bond donors (Lipinski definition) is 0. The molecule has 0 saturated heterocycles. The van der Waals surface area contributed by atoms with Gasteiger partial charge in [0.25, 0.3) is 0 Å². The lowest BCUT2D eigenvalue weighted by molar-refractivity contribution is -0.251. The average molecular weight is 368 g/mol. The SMILES string of the molecule is CSCCC(N=C([O-])OCC1c2ccccc2-c2ccccc21)C(C)=O. The lowest BCUT2D eigenvalue weighted by atomic mass is 9.98. The van der Waals surface area contributed by atoms with E-state index in [2.05, 4.69) is 29.3 Å². The van der Waals surface area contributed by atoms with Crippen LogP contribution in [-0.2, 0) is 9.53 Å². The molecular formula is C21H22NO3S-. The minimum Gasteiger partial charge on any atom is -0.599 e. The predicted molar refractivity (Wildman–Crippen MR) is 105 cm³/mol. The Labute approximate surface area is 158 Å². The number of carbonyl (C=O) groups is 1. The lowest BCUT2D eigenvalue weighted by Gasteiger charge is -2.22. The van der Waals surface area contributed by atoms with Crippen molar-refractivity contribution in [3.8, 4) is 11.1 Å². The Balaban J connectivity index is 1.75. The van der Waals surface area contributed by atoms with Crippen molar-refractivity contribution in [3.63, 3.8) is 0 Å². The topological polar surface area (TPSA) is 61.7 Å². The third-order valence-corrected chi connectivity index (χ3v) is 5.31. The molecule has 0 fully saturated rings. The van der Waals surface area contributed by atoms with E-state index in [9.17, 15) is 9.90 Å². The Hall–Kier alpha value is -2.27. The fraction of sp³-hybridized carbons (Fsp3) is 0.333. The van der Waals surface area contributed by atoms with Crippen LogP contribution >= 0.6 is 11.8 Å². The van der Waals surface area contributed by atoms with Crippen LogP contribution in [0.2, 0.25) is 0 Å². The molecule has 1 aliphatic carbocycles. The highest BCUT2D eigenvalue weighted by Crippen LogP contribution is 2.44. The molecule has 1 unspecified atom stereocenters. The van der Waals surface area contributed by atoms with Gasteiger partial charge in [-0.25, -0.2) is 0 Å². The highest BCUT2D eigenvalue weighted by Gasteiger charge is 2.26. The van der Waals surface area contributed by atoms with Gasteiger partial charge in [0.2, 0.25) is 0 Å². The second kappa shape index (κ2) is 8.41. The van der Waals surface area contributed by atoms with Crippen molar-refractivity contribution < 1.29 is 14.6 Å². The first-order chi connectivity index (χ1) is 12.6. The maximum Gasteiger partial charge on any atom is 0.154 e. The monoisotopic (exact) mass is 368 g/mol. The number of Topliss-reactive ketones (excluding diaryl/α,β-unsaturated/α-hetero) is 1. The molecule has 0 aromatic heterocycles. The molecule has 136 valence electrons. The average Bonchev–Trinajstić information content (AvgIpc) is 2.97. The first-order valence-corrected chi connectivity index (χ1v) is 10.1. The van der Waals surface area contributed by atoms with Crippen molar-refractivity contribution >= 4 is 23.6 Å². The maximum atomic E-state index is 12.2. The zero-order valence-electron chi connectivity index (χ0n) is 15.0. The summed E-state index contributed by atoms with van der Waals surface area (Å²) in [6, 6.07) is 15.7. The van der Waals surface area contributed by atoms with Crippen LogP contribution in [0.5, 0.6) is 0 Å². The molecule has 0 radical (unpaired) electrons. The number of fused-ring (bicyclic) bond motifs is 3. The number of ether oxygens (including phenoxy) is 1. The van der Waals surface area contributed by atoms with Gasteiger partial charge in [-0.2, -0.15) is 11.8 Å². The third kappa shape index (κ3) is 3.93. The number of benzene rings is 2. The molecule has 1 atom stereocenters. The standard InChI is InChI=1S/C21H23NO3S/c1-14(23)20(11-12-26-2)22-21(24)25-13-19-17-9-5-3-7-15(17)16-8-4-6-10-18(16)19/h3-10,19-20H,11-13H2,1-2H3,(H,22,24)/p-1. The largest absolute Gasteiger partial charge is 0.599 e. The maximum absolute atomic E-state index is 12.2. The summed E-state index contributed by atoms with van der Waals surface area (Å²) in [6.07, 6.45) is 1.86. The van der Waals surface area contributed by atoms with Gasteiger partial charge in [0.05, 0.1) is 0 Å². The van der Waals surface area contributed by atoms with Gasteiger partial charge < -0.3 is 9.84 Å². The zero-order valence-corrected chi connectivity index (χ0v) is 15.8. The molecule has 0 aliphatic heterocycles. The predicted octanol–water partition coefficient (Wildman–Crippen LogP) is 3.24. The summed E-state index contributed by atoms with van der Waals surface area (Å²) in [4.78, 5) is 15.6. The smallest absolute Gasteiger partial charge is 0.154 e. The molecule has 0 spiro atoms. The fourth-order valence-electron chi connectivity index (χ4n) is 3.35. The number of hydrogen-bond acceptors (Lipinski definition) is 5. The second-order valence-corrected chi connectivity index (χ2v) is 7.33. The molecule has 0 bridgehead atoms. The van der Waals surface area contributed by atoms with Crippen molar-refractivity contribution in [1.82, 2.24) is 0 Å². The number of ketones is 1. The highest BCUT2D eigenvalue weighted by atomic mass is 32.2. The molecule has 0 N–H and O–H groups in total. The number of nitrogens with zero attached hydrogens (tertiary/aromatic N) is 1. The van der Waals surface area contributed by atoms with Crippen LogP contribution in [0, 0.1) is 0 Å². The number of thioether (sulfide) groups is 1. The Morgan fingerprint density at radius 3 is 2.27 bits per heavy atom. The molecule has 2 aromatic rings. The number of rotatable bonds is 7. The highest BCUT2D eigenvalue weighted by molar-refractivity contribution is 7.98. The molecule has 0 heterocycles. The van der Waals surface area contributed by atoms with E-state index in [1.54, 1.807) is 11.8 Å². The van der Waals surface area contributed by atoms with Crippen LogP contribution in [0.4, 0.5) is 0 Å². The van der Waals surface area contributed by atoms with E-state index < -0.39 is 12.1 Å². The van der Waals surface area contributed by atoms with Crippen molar-refractivity contribution in [2.45, 2.75) is 25.3 Å². The lowest BCUT2D eigenvalue weighted by Crippen LogP contribution is -2.28. The van der Waals surface area contributed by atoms with Gasteiger partial charge in [0, 0.05) is 12.5 Å². The first-order valence-electron chi connectivity index (χ1n) is 8.67. The van der Waals surface area contributed by atoms with Crippen LogP contribution in [0.25, 0.3) is 11.1 Å². The summed E-state index contributed by atoms with van der Waals surface area (Å²) in [6.45, 7) is 1.69.